The number of thiophene rings is 1. The van der Waals surface area contributed by atoms with Crippen LogP contribution in [0, 0.1) is 6.92 Å². The van der Waals surface area contributed by atoms with Crippen LogP contribution in [0.4, 0.5) is 0 Å². The van der Waals surface area contributed by atoms with Crippen molar-refractivity contribution in [3.8, 4) is 10.4 Å². The van der Waals surface area contributed by atoms with Gasteiger partial charge in [-0.2, -0.15) is 0 Å². The van der Waals surface area contributed by atoms with Gasteiger partial charge >= 0.3 is 0 Å². The molecule has 138 valence electrons. The Morgan fingerprint density at radius 3 is 2.75 bits per heavy atom. The molecule has 0 fully saturated rings. The first-order valence-electron chi connectivity index (χ1n) is 8.61. The van der Waals surface area contributed by atoms with Crippen molar-refractivity contribution in [1.29, 1.82) is 0 Å². The molecular formula is C20H14N4O2S2. The van der Waals surface area contributed by atoms with Crippen LogP contribution in [0.25, 0.3) is 25.6 Å². The minimum Gasteiger partial charge on any atom is -0.293 e. The van der Waals surface area contributed by atoms with Gasteiger partial charge < -0.3 is 0 Å². The largest absolute Gasteiger partial charge is 0.293 e. The van der Waals surface area contributed by atoms with Crippen LogP contribution in [0.5, 0.6) is 0 Å². The lowest BCUT2D eigenvalue weighted by molar-refractivity contribution is 0.728. The number of benzene rings is 1. The Balaban J connectivity index is 1.57. The third-order valence-electron chi connectivity index (χ3n) is 4.54. The Labute approximate surface area is 167 Å². The first-order chi connectivity index (χ1) is 13.6. The summed E-state index contributed by atoms with van der Waals surface area (Å²) >= 11 is 2.91. The fourth-order valence-corrected chi connectivity index (χ4v) is 5.06. The Kier molecular flexibility index (Phi) is 3.96. The van der Waals surface area contributed by atoms with Crippen molar-refractivity contribution in [2.75, 3.05) is 0 Å². The molecule has 1 aromatic carbocycles. The highest BCUT2D eigenvalue weighted by molar-refractivity contribution is 7.21. The Morgan fingerprint density at radius 1 is 1.11 bits per heavy atom. The van der Waals surface area contributed by atoms with Crippen molar-refractivity contribution in [3.05, 3.63) is 86.3 Å². The number of hydrogen-bond donors (Lipinski definition) is 0. The van der Waals surface area contributed by atoms with Crippen molar-refractivity contribution < 1.29 is 0 Å². The minimum absolute atomic E-state index is 0.132. The van der Waals surface area contributed by atoms with Gasteiger partial charge in [-0.05, 0) is 18.6 Å². The van der Waals surface area contributed by atoms with E-state index in [-0.39, 0.29) is 17.7 Å². The fourth-order valence-electron chi connectivity index (χ4n) is 3.17. The number of aromatic nitrogens is 4. The van der Waals surface area contributed by atoms with Crippen LogP contribution in [0.15, 0.2) is 63.8 Å². The second-order valence-corrected chi connectivity index (χ2v) is 8.32. The standard InChI is InChI=1S/C20H14N4O2S2/c1-12-10-27-20-22-14(7-17(25)24(12)20)9-23-11-21-18-15(19(23)26)8-16(28-18)13-5-3-2-4-6-13/h2-8,10-11H,9H2,1H3. The summed E-state index contributed by atoms with van der Waals surface area (Å²) < 4.78 is 3.08. The van der Waals surface area contributed by atoms with Crippen LogP contribution in [0.3, 0.4) is 0 Å². The molecule has 0 spiro atoms. The summed E-state index contributed by atoms with van der Waals surface area (Å²) in [5, 5.41) is 2.47. The molecule has 0 aliphatic rings. The van der Waals surface area contributed by atoms with Gasteiger partial charge in [0.25, 0.3) is 11.1 Å². The molecule has 5 aromatic rings. The second-order valence-electron chi connectivity index (χ2n) is 6.45. The summed E-state index contributed by atoms with van der Waals surface area (Å²) in [5.41, 5.74) is 2.20. The van der Waals surface area contributed by atoms with Gasteiger partial charge in [-0.25, -0.2) is 9.97 Å². The van der Waals surface area contributed by atoms with Crippen molar-refractivity contribution in [3.63, 3.8) is 0 Å². The van der Waals surface area contributed by atoms with Crippen LogP contribution in [-0.4, -0.2) is 18.9 Å². The van der Waals surface area contributed by atoms with Gasteiger partial charge in [0.2, 0.25) is 0 Å². The highest BCUT2D eigenvalue weighted by Crippen LogP contribution is 2.30. The average Bonchev–Trinajstić information content (AvgIpc) is 3.29. The maximum atomic E-state index is 13.0. The van der Waals surface area contributed by atoms with Crippen LogP contribution >= 0.6 is 22.7 Å². The van der Waals surface area contributed by atoms with Crippen LogP contribution in [0.2, 0.25) is 0 Å². The molecule has 0 amide bonds. The molecule has 0 aliphatic carbocycles. The highest BCUT2D eigenvalue weighted by Gasteiger charge is 2.12. The van der Waals surface area contributed by atoms with Gasteiger partial charge in [0.15, 0.2) is 4.96 Å². The normalized spacial score (nSPS) is 11.5. The van der Waals surface area contributed by atoms with E-state index in [1.54, 1.807) is 4.40 Å². The Bertz CT molecular complexity index is 1440. The maximum absolute atomic E-state index is 13.0. The maximum Gasteiger partial charge on any atom is 0.262 e. The predicted octanol–water partition coefficient (Wildman–Crippen LogP) is 3.55. The van der Waals surface area contributed by atoms with Gasteiger partial charge in [0.05, 0.1) is 24.0 Å². The zero-order valence-electron chi connectivity index (χ0n) is 14.8. The first kappa shape index (κ1) is 17.0. The number of hydrogen-bond acceptors (Lipinski definition) is 6. The zero-order valence-corrected chi connectivity index (χ0v) is 16.5. The third-order valence-corrected chi connectivity index (χ3v) is 6.57. The van der Waals surface area contributed by atoms with Crippen LogP contribution in [-0.2, 0) is 6.54 Å². The lowest BCUT2D eigenvalue weighted by Crippen LogP contribution is -2.23. The van der Waals surface area contributed by atoms with E-state index in [0.717, 1.165) is 16.1 Å². The topological polar surface area (TPSA) is 69.3 Å². The molecule has 6 nitrogen and oxygen atoms in total. The number of rotatable bonds is 3. The van der Waals surface area contributed by atoms with E-state index in [1.807, 2.05) is 48.7 Å². The average molecular weight is 406 g/mol. The molecule has 4 heterocycles. The minimum atomic E-state index is -0.136. The van der Waals surface area contributed by atoms with E-state index < -0.39 is 0 Å². The summed E-state index contributed by atoms with van der Waals surface area (Å²) in [6.45, 7) is 2.08. The highest BCUT2D eigenvalue weighted by atomic mass is 32.1. The van der Waals surface area contributed by atoms with E-state index in [4.69, 9.17) is 0 Å². The fraction of sp³-hybridized carbons (Fsp3) is 0.100. The third kappa shape index (κ3) is 2.78. The van der Waals surface area contributed by atoms with E-state index in [0.29, 0.717) is 20.9 Å². The lowest BCUT2D eigenvalue weighted by Gasteiger charge is -2.05. The SMILES string of the molecule is Cc1csc2nc(Cn3cnc4sc(-c5ccccc5)cc4c3=O)cc(=O)n12. The first-order valence-corrected chi connectivity index (χ1v) is 10.3. The zero-order chi connectivity index (χ0) is 19.3. The molecule has 5 rings (SSSR count). The predicted molar refractivity (Wildman–Crippen MR) is 112 cm³/mol. The summed E-state index contributed by atoms with van der Waals surface area (Å²) in [6.07, 6.45) is 1.53. The summed E-state index contributed by atoms with van der Waals surface area (Å²) in [4.78, 5) is 36.6. The summed E-state index contributed by atoms with van der Waals surface area (Å²) in [6, 6.07) is 13.3. The molecule has 8 heteroatoms. The van der Waals surface area contributed by atoms with Gasteiger partial charge in [-0.1, -0.05) is 30.3 Å². The molecule has 0 radical (unpaired) electrons. The van der Waals surface area contributed by atoms with E-state index in [9.17, 15) is 9.59 Å². The van der Waals surface area contributed by atoms with E-state index >= 15 is 0 Å². The molecule has 0 saturated heterocycles. The summed E-state index contributed by atoms with van der Waals surface area (Å²) in [5.74, 6) is 0. The molecule has 0 N–H and O–H groups in total. The number of thiazole rings is 1. The number of aryl methyl sites for hydroxylation is 1. The van der Waals surface area contributed by atoms with Crippen LogP contribution < -0.4 is 11.1 Å². The Morgan fingerprint density at radius 2 is 1.93 bits per heavy atom. The van der Waals surface area contributed by atoms with Gasteiger partial charge in [0, 0.05) is 22.0 Å². The Hall–Kier alpha value is -3.10. The van der Waals surface area contributed by atoms with Crippen molar-refractivity contribution in [2.45, 2.75) is 13.5 Å². The summed E-state index contributed by atoms with van der Waals surface area (Å²) in [7, 11) is 0. The lowest BCUT2D eigenvalue weighted by atomic mass is 10.2. The number of nitrogens with zero attached hydrogens (tertiary/aromatic N) is 4. The molecule has 0 bridgehead atoms. The van der Waals surface area contributed by atoms with Crippen molar-refractivity contribution in [1.82, 2.24) is 18.9 Å². The molecule has 0 saturated carbocycles. The van der Waals surface area contributed by atoms with Crippen LogP contribution in [0.1, 0.15) is 11.4 Å². The van der Waals surface area contributed by atoms with Crippen molar-refractivity contribution in [2.24, 2.45) is 0 Å². The molecule has 0 unspecified atom stereocenters. The van der Waals surface area contributed by atoms with Gasteiger partial charge in [-0.15, -0.1) is 22.7 Å². The van der Waals surface area contributed by atoms with E-state index in [1.165, 1.54) is 39.6 Å². The van der Waals surface area contributed by atoms with Gasteiger partial charge in [0.1, 0.15) is 4.83 Å². The molecule has 0 atom stereocenters. The number of fused-ring (bicyclic) bond motifs is 2. The quantitative estimate of drug-likeness (QED) is 0.459. The van der Waals surface area contributed by atoms with E-state index in [2.05, 4.69) is 9.97 Å². The molecule has 28 heavy (non-hydrogen) atoms. The molecule has 4 aromatic heterocycles. The smallest absolute Gasteiger partial charge is 0.262 e. The molecular weight excluding hydrogens is 392 g/mol. The van der Waals surface area contributed by atoms with Gasteiger partial charge in [-0.3, -0.25) is 18.6 Å². The second kappa shape index (κ2) is 6.50. The van der Waals surface area contributed by atoms with Crippen molar-refractivity contribution >= 4 is 37.9 Å². The molecule has 0 aliphatic heterocycles. The monoisotopic (exact) mass is 406 g/mol.